The fourth-order valence-corrected chi connectivity index (χ4v) is 0.873. The van der Waals surface area contributed by atoms with Gasteiger partial charge in [-0.1, -0.05) is 6.08 Å². The molecule has 0 amide bonds. The van der Waals surface area contributed by atoms with E-state index in [-0.39, 0.29) is 5.92 Å². The maximum atomic E-state index is 8.68. The third-order valence-electron chi connectivity index (χ3n) is 1.45. The highest BCUT2D eigenvalue weighted by Gasteiger charge is 2.08. The molecule has 1 aromatic rings. The molecule has 3 heteroatoms. The Morgan fingerprint density at radius 3 is 3.18 bits per heavy atom. The minimum absolute atomic E-state index is 0.130. The number of hydrogen-bond donors (Lipinski definition) is 1. The minimum Gasteiger partial charge on any atom is -0.347 e. The number of H-pyrrole nitrogens is 1. The second-order valence-electron chi connectivity index (χ2n) is 2.21. The van der Waals surface area contributed by atoms with E-state index in [0.29, 0.717) is 6.42 Å². The maximum Gasteiger partial charge on any atom is 0.0922 e. The summed E-state index contributed by atoms with van der Waals surface area (Å²) in [4.78, 5) is 6.72. The van der Waals surface area contributed by atoms with Crippen LogP contribution < -0.4 is 0 Å². The Hall–Kier alpha value is -1.56. The van der Waals surface area contributed by atoms with Gasteiger partial charge in [0.15, 0.2) is 0 Å². The summed E-state index contributed by atoms with van der Waals surface area (Å²) in [5.74, 6) is -0.130. The Morgan fingerprint density at radius 2 is 2.73 bits per heavy atom. The van der Waals surface area contributed by atoms with E-state index in [1.165, 1.54) is 0 Å². The molecule has 1 atom stereocenters. The molecule has 1 rings (SSSR count). The molecule has 11 heavy (non-hydrogen) atoms. The number of rotatable bonds is 3. The number of aromatic nitrogens is 2. The largest absolute Gasteiger partial charge is 0.347 e. The van der Waals surface area contributed by atoms with E-state index in [2.05, 4.69) is 22.6 Å². The van der Waals surface area contributed by atoms with Crippen LogP contribution in [0.2, 0.25) is 0 Å². The summed E-state index contributed by atoms with van der Waals surface area (Å²) >= 11 is 0. The molecule has 0 aliphatic carbocycles. The average Bonchev–Trinajstić information content (AvgIpc) is 2.52. The van der Waals surface area contributed by atoms with Crippen LogP contribution in [0.25, 0.3) is 0 Å². The van der Waals surface area contributed by atoms with Crippen LogP contribution in [0.15, 0.2) is 25.2 Å². The summed E-state index contributed by atoms with van der Waals surface area (Å²) in [5.41, 5.74) is 0.854. The minimum atomic E-state index is -0.130. The number of nitrogens with zero attached hydrogens (tertiary/aromatic N) is 2. The lowest BCUT2D eigenvalue weighted by atomic mass is 10.0. The number of aromatic amines is 1. The van der Waals surface area contributed by atoms with Crippen LogP contribution in [0, 0.1) is 11.3 Å². The third-order valence-corrected chi connectivity index (χ3v) is 1.45. The number of allylic oxidation sites excluding steroid dienone is 1. The highest BCUT2D eigenvalue weighted by molar-refractivity contribution is 5.14. The Labute approximate surface area is 65.4 Å². The van der Waals surface area contributed by atoms with Crippen molar-refractivity contribution in [3.63, 3.8) is 0 Å². The fraction of sp³-hybridized carbons (Fsp3) is 0.250. The smallest absolute Gasteiger partial charge is 0.0922 e. The maximum absolute atomic E-state index is 8.68. The molecule has 1 aromatic heterocycles. The van der Waals surface area contributed by atoms with E-state index in [1.54, 1.807) is 18.6 Å². The summed E-state index contributed by atoms with van der Waals surface area (Å²) in [6, 6.07) is 2.16. The van der Waals surface area contributed by atoms with E-state index >= 15 is 0 Å². The summed E-state index contributed by atoms with van der Waals surface area (Å²) in [6.07, 6.45) is 5.63. The molecule has 1 N–H and O–H groups in total. The van der Waals surface area contributed by atoms with Crippen molar-refractivity contribution in [2.24, 2.45) is 0 Å². The molecule has 1 heterocycles. The van der Waals surface area contributed by atoms with Crippen molar-refractivity contribution < 1.29 is 0 Å². The van der Waals surface area contributed by atoms with Gasteiger partial charge in [0, 0.05) is 6.20 Å². The molecule has 3 nitrogen and oxygen atoms in total. The summed E-state index contributed by atoms with van der Waals surface area (Å²) in [7, 11) is 0. The van der Waals surface area contributed by atoms with Gasteiger partial charge in [0.25, 0.3) is 0 Å². The molecule has 0 radical (unpaired) electrons. The Kier molecular flexibility index (Phi) is 2.45. The lowest BCUT2D eigenvalue weighted by Gasteiger charge is -2.00. The van der Waals surface area contributed by atoms with Crippen molar-refractivity contribution in [2.45, 2.75) is 12.3 Å². The van der Waals surface area contributed by atoms with Gasteiger partial charge in [-0.15, -0.1) is 6.58 Å². The monoisotopic (exact) mass is 147 g/mol. The summed E-state index contributed by atoms with van der Waals surface area (Å²) < 4.78 is 0. The average molecular weight is 147 g/mol. The van der Waals surface area contributed by atoms with Gasteiger partial charge in [-0.3, -0.25) is 0 Å². The Balaban J connectivity index is 2.73. The second-order valence-corrected chi connectivity index (χ2v) is 2.21. The van der Waals surface area contributed by atoms with Crippen molar-refractivity contribution >= 4 is 0 Å². The molecule has 1 unspecified atom stereocenters. The van der Waals surface area contributed by atoms with Gasteiger partial charge in [-0.05, 0) is 6.42 Å². The first-order valence-corrected chi connectivity index (χ1v) is 3.37. The van der Waals surface area contributed by atoms with Crippen LogP contribution >= 0.6 is 0 Å². The lowest BCUT2D eigenvalue weighted by molar-refractivity contribution is 0.847. The zero-order valence-electron chi connectivity index (χ0n) is 6.12. The summed E-state index contributed by atoms with van der Waals surface area (Å²) in [6.45, 7) is 3.57. The van der Waals surface area contributed by atoms with Gasteiger partial charge < -0.3 is 4.98 Å². The van der Waals surface area contributed by atoms with E-state index in [9.17, 15) is 0 Å². The fourth-order valence-electron chi connectivity index (χ4n) is 0.873. The predicted molar refractivity (Wildman–Crippen MR) is 41.8 cm³/mol. The van der Waals surface area contributed by atoms with Gasteiger partial charge in [0.05, 0.1) is 24.0 Å². The van der Waals surface area contributed by atoms with Crippen LogP contribution in [0.1, 0.15) is 18.0 Å². The normalized spacial score (nSPS) is 11.9. The number of hydrogen-bond acceptors (Lipinski definition) is 2. The highest BCUT2D eigenvalue weighted by Crippen LogP contribution is 2.15. The van der Waals surface area contributed by atoms with Gasteiger partial charge in [0.1, 0.15) is 0 Å². The summed E-state index contributed by atoms with van der Waals surface area (Å²) in [5, 5.41) is 8.68. The molecule has 0 spiro atoms. The van der Waals surface area contributed by atoms with Crippen LogP contribution in [-0.4, -0.2) is 9.97 Å². The van der Waals surface area contributed by atoms with Crippen molar-refractivity contribution in [3.05, 3.63) is 30.9 Å². The van der Waals surface area contributed by atoms with E-state index in [0.717, 1.165) is 5.69 Å². The molecule has 0 saturated heterocycles. The van der Waals surface area contributed by atoms with Crippen molar-refractivity contribution in [2.75, 3.05) is 0 Å². The van der Waals surface area contributed by atoms with Crippen LogP contribution in [-0.2, 0) is 0 Å². The highest BCUT2D eigenvalue weighted by atomic mass is 14.9. The van der Waals surface area contributed by atoms with Crippen LogP contribution in [0.3, 0.4) is 0 Å². The first kappa shape index (κ1) is 7.55. The quantitative estimate of drug-likeness (QED) is 0.660. The molecule has 0 bridgehead atoms. The molecule has 0 fully saturated rings. The topological polar surface area (TPSA) is 52.5 Å². The molecule has 0 aliphatic heterocycles. The Morgan fingerprint density at radius 1 is 1.91 bits per heavy atom. The second kappa shape index (κ2) is 3.57. The first-order valence-electron chi connectivity index (χ1n) is 3.37. The van der Waals surface area contributed by atoms with Gasteiger partial charge >= 0.3 is 0 Å². The van der Waals surface area contributed by atoms with E-state index in [4.69, 9.17) is 5.26 Å². The molecule has 0 aromatic carbocycles. The molecule has 56 valence electrons. The first-order chi connectivity index (χ1) is 5.38. The molecular weight excluding hydrogens is 138 g/mol. The number of nitrogens with one attached hydrogen (secondary N) is 1. The zero-order chi connectivity index (χ0) is 8.10. The van der Waals surface area contributed by atoms with Gasteiger partial charge in [-0.25, -0.2) is 4.98 Å². The van der Waals surface area contributed by atoms with Crippen molar-refractivity contribution in [3.8, 4) is 6.07 Å². The van der Waals surface area contributed by atoms with Crippen LogP contribution in [0.4, 0.5) is 0 Å². The standard InChI is InChI=1S/C8H9N3/c1-2-3-7(4-9)8-5-10-6-11-8/h2,5-7H,1,3H2,(H,10,11). The number of imidazole rings is 1. The van der Waals surface area contributed by atoms with Crippen molar-refractivity contribution in [1.29, 1.82) is 5.26 Å². The van der Waals surface area contributed by atoms with Gasteiger partial charge in [-0.2, -0.15) is 5.26 Å². The number of nitriles is 1. The van der Waals surface area contributed by atoms with Gasteiger partial charge in [0.2, 0.25) is 0 Å². The predicted octanol–water partition coefficient (Wildman–Crippen LogP) is 1.59. The lowest BCUT2D eigenvalue weighted by Crippen LogP contribution is -1.93. The third kappa shape index (κ3) is 1.68. The van der Waals surface area contributed by atoms with E-state index < -0.39 is 0 Å². The van der Waals surface area contributed by atoms with E-state index in [1.807, 2.05) is 0 Å². The Bertz CT molecular complexity index is 255. The van der Waals surface area contributed by atoms with Crippen LogP contribution in [0.5, 0.6) is 0 Å². The van der Waals surface area contributed by atoms with Crippen molar-refractivity contribution in [1.82, 2.24) is 9.97 Å². The molecule has 0 aliphatic rings. The molecule has 0 saturated carbocycles. The molecular formula is C8H9N3. The zero-order valence-corrected chi connectivity index (χ0v) is 6.12. The SMILES string of the molecule is C=CCC(C#N)c1cnc[nH]1.